The third-order valence-electron chi connectivity index (χ3n) is 3.66. The standard InChI is InChI=1S/C12H17N5O2/c1-13-10(9-2-5-19-8-9)7-17-12(18)16-4-3-14-6-11(16)15-17/h3-4,6,9-10,13H,2,5,7-8H2,1H3. The highest BCUT2D eigenvalue weighted by Crippen LogP contribution is 2.17. The van der Waals surface area contributed by atoms with Gasteiger partial charge in [0.05, 0.1) is 19.3 Å². The van der Waals surface area contributed by atoms with Crippen LogP contribution in [0.3, 0.4) is 0 Å². The van der Waals surface area contributed by atoms with Crippen LogP contribution in [0.25, 0.3) is 5.65 Å². The van der Waals surface area contributed by atoms with Crippen molar-refractivity contribution in [2.24, 2.45) is 5.92 Å². The van der Waals surface area contributed by atoms with Crippen LogP contribution in [0, 0.1) is 5.92 Å². The lowest BCUT2D eigenvalue weighted by Crippen LogP contribution is -2.40. The van der Waals surface area contributed by atoms with Gasteiger partial charge >= 0.3 is 5.69 Å². The van der Waals surface area contributed by atoms with Crippen LogP contribution < -0.4 is 11.0 Å². The lowest BCUT2D eigenvalue weighted by molar-refractivity contribution is 0.174. The van der Waals surface area contributed by atoms with Crippen LogP contribution >= 0.6 is 0 Å². The summed E-state index contributed by atoms with van der Waals surface area (Å²) < 4.78 is 8.41. The van der Waals surface area contributed by atoms with Gasteiger partial charge in [-0.1, -0.05) is 0 Å². The molecule has 2 aromatic heterocycles. The first-order chi connectivity index (χ1) is 9.29. The number of rotatable bonds is 4. The van der Waals surface area contributed by atoms with E-state index in [9.17, 15) is 4.79 Å². The highest BCUT2D eigenvalue weighted by Gasteiger charge is 2.25. The Morgan fingerprint density at radius 1 is 1.63 bits per heavy atom. The lowest BCUT2D eigenvalue weighted by atomic mass is 9.99. The minimum absolute atomic E-state index is 0.128. The van der Waals surface area contributed by atoms with Crippen molar-refractivity contribution in [1.29, 1.82) is 0 Å². The Morgan fingerprint density at radius 2 is 2.53 bits per heavy atom. The Bertz CT molecular complexity index is 614. The fourth-order valence-electron chi connectivity index (χ4n) is 2.53. The van der Waals surface area contributed by atoms with E-state index in [1.165, 1.54) is 9.08 Å². The van der Waals surface area contributed by atoms with Gasteiger partial charge in [-0.05, 0) is 13.5 Å². The Morgan fingerprint density at radius 3 is 3.21 bits per heavy atom. The van der Waals surface area contributed by atoms with Gasteiger partial charge in [-0.3, -0.25) is 4.98 Å². The molecule has 0 amide bonds. The van der Waals surface area contributed by atoms with Crippen molar-refractivity contribution in [2.75, 3.05) is 20.3 Å². The summed E-state index contributed by atoms with van der Waals surface area (Å²) in [5.41, 5.74) is 0.446. The molecule has 0 saturated carbocycles. The summed E-state index contributed by atoms with van der Waals surface area (Å²) >= 11 is 0. The summed E-state index contributed by atoms with van der Waals surface area (Å²) in [4.78, 5) is 16.1. The quantitative estimate of drug-likeness (QED) is 0.806. The van der Waals surface area contributed by atoms with Crippen molar-refractivity contribution < 1.29 is 4.74 Å². The van der Waals surface area contributed by atoms with Gasteiger partial charge in [-0.25, -0.2) is 13.9 Å². The molecule has 0 aromatic carbocycles. The molecule has 1 N–H and O–H groups in total. The van der Waals surface area contributed by atoms with Crippen LogP contribution in [-0.4, -0.2) is 45.5 Å². The number of aromatic nitrogens is 4. The molecule has 19 heavy (non-hydrogen) atoms. The monoisotopic (exact) mass is 263 g/mol. The summed E-state index contributed by atoms with van der Waals surface area (Å²) in [6.07, 6.45) is 5.83. The molecule has 1 aliphatic heterocycles. The molecule has 2 unspecified atom stereocenters. The van der Waals surface area contributed by atoms with E-state index < -0.39 is 0 Å². The highest BCUT2D eigenvalue weighted by molar-refractivity contribution is 5.31. The van der Waals surface area contributed by atoms with Crippen molar-refractivity contribution in [3.8, 4) is 0 Å². The Hall–Kier alpha value is -1.73. The van der Waals surface area contributed by atoms with Gasteiger partial charge in [0.15, 0.2) is 5.65 Å². The van der Waals surface area contributed by atoms with Crippen LogP contribution in [0.2, 0.25) is 0 Å². The fourth-order valence-corrected chi connectivity index (χ4v) is 2.53. The van der Waals surface area contributed by atoms with Crippen LogP contribution in [0.1, 0.15) is 6.42 Å². The van der Waals surface area contributed by atoms with Crippen molar-refractivity contribution in [3.05, 3.63) is 29.1 Å². The second-order valence-electron chi connectivity index (χ2n) is 4.79. The van der Waals surface area contributed by atoms with Crippen LogP contribution in [0.15, 0.2) is 23.4 Å². The summed E-state index contributed by atoms with van der Waals surface area (Å²) in [5, 5.41) is 7.55. The summed E-state index contributed by atoms with van der Waals surface area (Å²) in [5.74, 6) is 0.430. The molecular weight excluding hydrogens is 246 g/mol. The van der Waals surface area contributed by atoms with Gasteiger partial charge in [0.25, 0.3) is 0 Å². The zero-order valence-electron chi connectivity index (χ0n) is 10.8. The van der Waals surface area contributed by atoms with Crippen molar-refractivity contribution in [2.45, 2.75) is 19.0 Å². The van der Waals surface area contributed by atoms with Crippen molar-refractivity contribution >= 4 is 5.65 Å². The van der Waals surface area contributed by atoms with E-state index in [0.717, 1.165) is 19.6 Å². The molecule has 0 radical (unpaired) electrons. The SMILES string of the molecule is CNC(Cn1nc2cnccn2c1=O)C1CCOC1. The van der Waals surface area contributed by atoms with Crippen molar-refractivity contribution in [1.82, 2.24) is 24.5 Å². The normalized spacial score (nSPS) is 21.0. The molecule has 3 heterocycles. The topological polar surface area (TPSA) is 73.5 Å². The molecule has 7 heteroatoms. The molecule has 2 aromatic rings. The average molecular weight is 263 g/mol. The fraction of sp³-hybridized carbons (Fsp3) is 0.583. The predicted octanol–water partition coefficient (Wildman–Crippen LogP) is -0.485. The Balaban J connectivity index is 1.87. The Labute approximate surface area is 110 Å². The van der Waals surface area contributed by atoms with E-state index >= 15 is 0 Å². The zero-order valence-corrected chi connectivity index (χ0v) is 10.8. The first kappa shape index (κ1) is 12.3. The van der Waals surface area contributed by atoms with Gasteiger partial charge in [-0.15, -0.1) is 5.10 Å². The molecule has 102 valence electrons. The van der Waals surface area contributed by atoms with E-state index in [1.807, 2.05) is 7.05 Å². The molecule has 1 aliphatic rings. The molecule has 0 aliphatic carbocycles. The van der Waals surface area contributed by atoms with Crippen molar-refractivity contribution in [3.63, 3.8) is 0 Å². The smallest absolute Gasteiger partial charge is 0.350 e. The zero-order chi connectivity index (χ0) is 13.2. The lowest BCUT2D eigenvalue weighted by Gasteiger charge is -2.20. The van der Waals surface area contributed by atoms with E-state index in [4.69, 9.17) is 4.74 Å². The van der Waals surface area contributed by atoms with Crippen LogP contribution in [-0.2, 0) is 11.3 Å². The second-order valence-corrected chi connectivity index (χ2v) is 4.79. The first-order valence-corrected chi connectivity index (χ1v) is 6.44. The molecule has 0 spiro atoms. The van der Waals surface area contributed by atoms with Gasteiger partial charge < -0.3 is 10.1 Å². The third kappa shape index (κ3) is 2.26. The van der Waals surface area contributed by atoms with Gasteiger partial charge in [0, 0.05) is 31.0 Å². The highest BCUT2D eigenvalue weighted by atomic mass is 16.5. The largest absolute Gasteiger partial charge is 0.381 e. The van der Waals surface area contributed by atoms with E-state index in [-0.39, 0.29) is 11.7 Å². The van der Waals surface area contributed by atoms with E-state index in [1.54, 1.807) is 18.6 Å². The number of nitrogens with one attached hydrogen (secondary N) is 1. The maximum absolute atomic E-state index is 12.2. The summed E-state index contributed by atoms with van der Waals surface area (Å²) in [7, 11) is 1.91. The summed E-state index contributed by atoms with van der Waals surface area (Å²) in [6, 6.07) is 0.193. The molecule has 1 saturated heterocycles. The molecule has 1 fully saturated rings. The Kier molecular flexibility index (Phi) is 3.31. The van der Waals surface area contributed by atoms with Crippen LogP contribution in [0.4, 0.5) is 0 Å². The molecule has 7 nitrogen and oxygen atoms in total. The predicted molar refractivity (Wildman–Crippen MR) is 69.0 cm³/mol. The third-order valence-corrected chi connectivity index (χ3v) is 3.66. The number of fused-ring (bicyclic) bond motifs is 1. The number of nitrogens with zero attached hydrogens (tertiary/aromatic N) is 4. The van der Waals surface area contributed by atoms with Gasteiger partial charge in [-0.2, -0.15) is 0 Å². The van der Waals surface area contributed by atoms with Gasteiger partial charge in [0.1, 0.15) is 0 Å². The number of likely N-dealkylation sites (N-methyl/N-ethyl adjacent to an activating group) is 1. The van der Waals surface area contributed by atoms with E-state index in [2.05, 4.69) is 15.4 Å². The number of ether oxygens (including phenoxy) is 1. The number of hydrogen-bond donors (Lipinski definition) is 1. The van der Waals surface area contributed by atoms with Crippen LogP contribution in [0.5, 0.6) is 0 Å². The second kappa shape index (κ2) is 5.10. The van der Waals surface area contributed by atoms with E-state index in [0.29, 0.717) is 18.1 Å². The average Bonchev–Trinajstić information content (AvgIpc) is 3.06. The molecule has 3 rings (SSSR count). The number of hydrogen-bond acceptors (Lipinski definition) is 5. The molecular formula is C12H17N5O2. The minimum atomic E-state index is -0.128. The molecule has 0 bridgehead atoms. The maximum atomic E-state index is 12.2. The van der Waals surface area contributed by atoms with Gasteiger partial charge in [0.2, 0.25) is 0 Å². The maximum Gasteiger partial charge on any atom is 0.350 e. The summed E-state index contributed by atoms with van der Waals surface area (Å²) in [6.45, 7) is 2.09. The molecule has 2 atom stereocenters. The minimum Gasteiger partial charge on any atom is -0.381 e. The first-order valence-electron chi connectivity index (χ1n) is 6.44.